The highest BCUT2D eigenvalue weighted by Crippen LogP contribution is 2.33. The maximum Gasteiger partial charge on any atom is 0.0492 e. The van der Waals surface area contributed by atoms with Gasteiger partial charge in [0.05, 0.1) is 0 Å². The van der Waals surface area contributed by atoms with Crippen molar-refractivity contribution in [3.05, 3.63) is 46.4 Å². The molecule has 0 saturated heterocycles. The van der Waals surface area contributed by atoms with Gasteiger partial charge in [-0.15, -0.1) is 0 Å². The molecule has 0 spiro atoms. The van der Waals surface area contributed by atoms with Crippen LogP contribution in [0.2, 0.25) is 0 Å². The first kappa shape index (κ1) is 18.5. The summed E-state index contributed by atoms with van der Waals surface area (Å²) < 4.78 is 3.68. The van der Waals surface area contributed by atoms with Gasteiger partial charge in [0.25, 0.3) is 0 Å². The van der Waals surface area contributed by atoms with E-state index in [-0.39, 0.29) is 0 Å². The Bertz CT molecular complexity index is 882. The molecule has 25 heavy (non-hydrogen) atoms. The Labute approximate surface area is 160 Å². The van der Waals surface area contributed by atoms with Crippen LogP contribution in [0.5, 0.6) is 0 Å². The largest absolute Gasteiger partial charge is 0.340 e. The summed E-state index contributed by atoms with van der Waals surface area (Å²) in [6.07, 6.45) is 3.58. The topological polar surface area (TPSA) is 4.93 Å². The molecule has 1 atom stereocenters. The van der Waals surface area contributed by atoms with Gasteiger partial charge in [-0.1, -0.05) is 56.6 Å². The van der Waals surface area contributed by atoms with Crippen molar-refractivity contribution in [2.24, 2.45) is 11.3 Å². The van der Waals surface area contributed by atoms with Crippen molar-refractivity contribution in [1.82, 2.24) is 4.57 Å². The van der Waals surface area contributed by atoms with E-state index < -0.39 is 0 Å². The van der Waals surface area contributed by atoms with Gasteiger partial charge in [0.1, 0.15) is 0 Å². The van der Waals surface area contributed by atoms with Crippen LogP contribution >= 0.6 is 15.9 Å². The standard InChI is InChI=1S/C23H30BrN/c1-6-17-7-9-21-19(13-17)20-14-18(24)8-10-22(20)25(21)12-11-16(2)15-23(3,4)5/h7-10,13-14,16H,6,11-12,15H2,1-5H3. The molecule has 0 aliphatic carbocycles. The molecule has 1 nitrogen and oxygen atoms in total. The van der Waals surface area contributed by atoms with E-state index in [1.54, 1.807) is 0 Å². The quantitative estimate of drug-likeness (QED) is 0.416. The predicted octanol–water partition coefficient (Wildman–Crippen LogP) is 7.58. The lowest BCUT2D eigenvalue weighted by molar-refractivity contribution is 0.290. The number of nitrogens with zero attached hydrogens (tertiary/aromatic N) is 1. The summed E-state index contributed by atoms with van der Waals surface area (Å²) >= 11 is 3.65. The fraction of sp³-hybridized carbons (Fsp3) is 0.478. The average Bonchev–Trinajstić information content (AvgIpc) is 2.83. The van der Waals surface area contributed by atoms with Crippen molar-refractivity contribution in [3.8, 4) is 0 Å². The Morgan fingerprint density at radius 3 is 2.28 bits per heavy atom. The lowest BCUT2D eigenvalue weighted by Crippen LogP contribution is -2.13. The van der Waals surface area contributed by atoms with Crippen LogP contribution in [-0.4, -0.2) is 4.57 Å². The molecule has 2 aromatic carbocycles. The van der Waals surface area contributed by atoms with Crippen molar-refractivity contribution < 1.29 is 0 Å². The van der Waals surface area contributed by atoms with E-state index in [2.05, 4.69) is 91.5 Å². The Hall–Kier alpha value is -1.28. The van der Waals surface area contributed by atoms with Crippen LogP contribution in [0, 0.1) is 11.3 Å². The van der Waals surface area contributed by atoms with Crippen LogP contribution in [0.3, 0.4) is 0 Å². The van der Waals surface area contributed by atoms with E-state index >= 15 is 0 Å². The van der Waals surface area contributed by atoms with Crippen molar-refractivity contribution in [2.75, 3.05) is 0 Å². The number of benzene rings is 2. The number of halogens is 1. The maximum absolute atomic E-state index is 3.65. The molecule has 0 aliphatic rings. The molecule has 0 N–H and O–H groups in total. The van der Waals surface area contributed by atoms with Gasteiger partial charge in [-0.25, -0.2) is 0 Å². The van der Waals surface area contributed by atoms with E-state index in [4.69, 9.17) is 0 Å². The van der Waals surface area contributed by atoms with E-state index in [1.165, 1.54) is 40.2 Å². The Kier molecular flexibility index (Phi) is 5.29. The molecule has 0 saturated carbocycles. The van der Waals surface area contributed by atoms with Crippen LogP contribution in [-0.2, 0) is 13.0 Å². The average molecular weight is 400 g/mol. The third-order valence-electron chi connectivity index (χ3n) is 5.11. The van der Waals surface area contributed by atoms with E-state index in [9.17, 15) is 0 Å². The summed E-state index contributed by atoms with van der Waals surface area (Å²) in [6, 6.07) is 13.7. The van der Waals surface area contributed by atoms with Crippen LogP contribution in [0.15, 0.2) is 40.9 Å². The van der Waals surface area contributed by atoms with Gasteiger partial charge < -0.3 is 4.57 Å². The fourth-order valence-corrected chi connectivity index (χ4v) is 4.44. The highest BCUT2D eigenvalue weighted by atomic mass is 79.9. The molecule has 1 unspecified atom stereocenters. The third-order valence-corrected chi connectivity index (χ3v) is 5.60. The highest BCUT2D eigenvalue weighted by Gasteiger charge is 2.17. The summed E-state index contributed by atoms with van der Waals surface area (Å²) in [4.78, 5) is 0. The van der Waals surface area contributed by atoms with Gasteiger partial charge in [0, 0.05) is 32.8 Å². The number of rotatable bonds is 5. The lowest BCUT2D eigenvalue weighted by atomic mass is 9.84. The second-order valence-electron chi connectivity index (χ2n) is 8.68. The van der Waals surface area contributed by atoms with Crippen molar-refractivity contribution in [2.45, 2.75) is 60.4 Å². The minimum atomic E-state index is 0.404. The van der Waals surface area contributed by atoms with Crippen LogP contribution in [0.1, 0.15) is 53.0 Å². The monoisotopic (exact) mass is 399 g/mol. The molecule has 0 aliphatic heterocycles. The van der Waals surface area contributed by atoms with Gasteiger partial charge in [-0.05, 0) is 66.5 Å². The molecule has 0 amide bonds. The summed E-state index contributed by atoms with van der Waals surface area (Å²) in [7, 11) is 0. The Morgan fingerprint density at radius 1 is 1.00 bits per heavy atom. The first-order chi connectivity index (χ1) is 11.8. The second-order valence-corrected chi connectivity index (χ2v) is 9.59. The Balaban J connectivity index is 2.01. The van der Waals surface area contributed by atoms with Gasteiger partial charge in [0.15, 0.2) is 0 Å². The van der Waals surface area contributed by atoms with Gasteiger partial charge in [-0.2, -0.15) is 0 Å². The summed E-state index contributed by atoms with van der Waals surface area (Å²) in [5.74, 6) is 0.734. The SMILES string of the molecule is CCc1ccc2c(c1)c1cc(Br)ccc1n2CCC(C)CC(C)(C)C. The molecular weight excluding hydrogens is 370 g/mol. The molecule has 3 rings (SSSR count). The van der Waals surface area contributed by atoms with Crippen LogP contribution < -0.4 is 0 Å². The van der Waals surface area contributed by atoms with Crippen molar-refractivity contribution >= 4 is 37.7 Å². The number of hydrogen-bond acceptors (Lipinski definition) is 0. The number of aryl methyl sites for hydroxylation is 2. The molecule has 134 valence electrons. The zero-order valence-corrected chi connectivity index (χ0v) is 17.8. The van der Waals surface area contributed by atoms with E-state index in [1.807, 2.05) is 0 Å². The number of aromatic nitrogens is 1. The highest BCUT2D eigenvalue weighted by molar-refractivity contribution is 9.10. The zero-order valence-electron chi connectivity index (χ0n) is 16.2. The molecule has 1 aromatic heterocycles. The first-order valence-electron chi connectivity index (χ1n) is 9.49. The summed E-state index contributed by atoms with van der Waals surface area (Å²) in [5.41, 5.74) is 4.54. The molecule has 0 fully saturated rings. The fourth-order valence-electron chi connectivity index (χ4n) is 4.08. The molecule has 0 radical (unpaired) electrons. The van der Waals surface area contributed by atoms with Crippen LogP contribution in [0.25, 0.3) is 21.8 Å². The molecule has 0 bridgehead atoms. The van der Waals surface area contributed by atoms with E-state index in [0.29, 0.717) is 5.41 Å². The number of hydrogen-bond donors (Lipinski definition) is 0. The van der Waals surface area contributed by atoms with Gasteiger partial charge in [0.2, 0.25) is 0 Å². The first-order valence-corrected chi connectivity index (χ1v) is 10.3. The number of fused-ring (bicyclic) bond motifs is 3. The van der Waals surface area contributed by atoms with Crippen molar-refractivity contribution in [1.29, 1.82) is 0 Å². The molecule has 2 heteroatoms. The zero-order chi connectivity index (χ0) is 18.2. The van der Waals surface area contributed by atoms with Crippen molar-refractivity contribution in [3.63, 3.8) is 0 Å². The molecule has 1 heterocycles. The van der Waals surface area contributed by atoms with Crippen LogP contribution in [0.4, 0.5) is 0 Å². The third kappa shape index (κ3) is 4.11. The second kappa shape index (κ2) is 7.15. The van der Waals surface area contributed by atoms with Gasteiger partial charge in [-0.3, -0.25) is 0 Å². The summed E-state index contributed by atoms with van der Waals surface area (Å²) in [6.45, 7) is 12.7. The summed E-state index contributed by atoms with van der Waals surface area (Å²) in [5, 5.41) is 2.75. The lowest BCUT2D eigenvalue weighted by Gasteiger charge is -2.23. The van der Waals surface area contributed by atoms with Gasteiger partial charge >= 0.3 is 0 Å². The normalized spacial score (nSPS) is 13.7. The predicted molar refractivity (Wildman–Crippen MR) is 114 cm³/mol. The van der Waals surface area contributed by atoms with E-state index in [0.717, 1.165) is 23.4 Å². The minimum absolute atomic E-state index is 0.404. The molecular formula is C23H30BrN. The smallest absolute Gasteiger partial charge is 0.0492 e. The molecule has 3 aromatic rings. The maximum atomic E-state index is 3.65. The minimum Gasteiger partial charge on any atom is -0.340 e. The Morgan fingerprint density at radius 2 is 1.64 bits per heavy atom.